The lowest BCUT2D eigenvalue weighted by atomic mass is 10.2. The monoisotopic (exact) mass is 578 g/mol. The Bertz CT molecular complexity index is 1810. The molecule has 0 saturated carbocycles. The quantitative estimate of drug-likeness (QED) is 0.268. The van der Waals surface area contributed by atoms with Crippen LogP contribution >= 0.6 is 11.3 Å². The molecule has 13 heteroatoms. The van der Waals surface area contributed by atoms with E-state index in [9.17, 15) is 18.0 Å². The smallest absolute Gasteiger partial charge is 0.268 e. The Balaban J connectivity index is 1.44. The van der Waals surface area contributed by atoms with Crippen LogP contribution in [0.25, 0.3) is 21.7 Å². The lowest BCUT2D eigenvalue weighted by Gasteiger charge is -2.17. The third-order valence-electron chi connectivity index (χ3n) is 6.06. The number of aromatic nitrogens is 3. The van der Waals surface area contributed by atoms with E-state index < -0.39 is 10.0 Å². The first-order chi connectivity index (χ1) is 19.1. The van der Waals surface area contributed by atoms with Gasteiger partial charge in [0.15, 0.2) is 11.7 Å². The molecule has 2 amide bonds. The van der Waals surface area contributed by atoms with Crippen molar-refractivity contribution in [2.75, 3.05) is 30.1 Å². The number of nitrogens with one attached hydrogen (secondary N) is 2. The molecule has 5 rings (SSSR count). The van der Waals surface area contributed by atoms with Crippen LogP contribution in [0.4, 0.5) is 11.6 Å². The Labute approximate surface area is 234 Å². The van der Waals surface area contributed by atoms with Gasteiger partial charge in [-0.1, -0.05) is 18.2 Å². The number of rotatable bonds is 9. The molecule has 0 saturated heterocycles. The summed E-state index contributed by atoms with van der Waals surface area (Å²) in [6.45, 7) is 2.05. The molecule has 206 valence electrons. The molecule has 0 atom stereocenters. The maximum absolute atomic E-state index is 13.2. The number of amides is 2. The number of fused-ring (bicyclic) bond motifs is 1. The molecule has 0 spiro atoms. The van der Waals surface area contributed by atoms with E-state index in [-0.39, 0.29) is 30.9 Å². The third-order valence-corrected chi connectivity index (χ3v) is 7.89. The molecular formula is C27H26N6O5S2. The van der Waals surface area contributed by atoms with Gasteiger partial charge in [-0.15, -0.1) is 11.3 Å². The number of oxazole rings is 1. The predicted molar refractivity (Wildman–Crippen MR) is 154 cm³/mol. The summed E-state index contributed by atoms with van der Waals surface area (Å²) < 4.78 is 33.0. The zero-order valence-corrected chi connectivity index (χ0v) is 23.5. The van der Waals surface area contributed by atoms with Crippen molar-refractivity contribution in [2.24, 2.45) is 0 Å². The molecule has 2 N–H and O–H groups in total. The minimum absolute atomic E-state index is 0.0926. The third kappa shape index (κ3) is 5.96. The second-order valence-corrected chi connectivity index (χ2v) is 11.9. The molecule has 3 heterocycles. The Morgan fingerprint density at radius 1 is 1.10 bits per heavy atom. The summed E-state index contributed by atoms with van der Waals surface area (Å²) in [7, 11) is -1.74. The van der Waals surface area contributed by atoms with E-state index in [1.807, 2.05) is 6.07 Å². The van der Waals surface area contributed by atoms with Crippen LogP contribution in [-0.2, 0) is 16.6 Å². The Kier molecular flexibility index (Phi) is 7.52. The van der Waals surface area contributed by atoms with Crippen molar-refractivity contribution in [3.8, 4) is 10.6 Å². The lowest BCUT2D eigenvalue weighted by Crippen LogP contribution is -2.27. The van der Waals surface area contributed by atoms with E-state index in [0.29, 0.717) is 38.8 Å². The van der Waals surface area contributed by atoms with Crippen LogP contribution in [-0.4, -0.2) is 54.6 Å². The Morgan fingerprint density at radius 2 is 1.88 bits per heavy atom. The summed E-state index contributed by atoms with van der Waals surface area (Å²) in [5.41, 5.74) is 2.36. The van der Waals surface area contributed by atoms with E-state index in [0.717, 1.165) is 11.1 Å². The van der Waals surface area contributed by atoms with Gasteiger partial charge < -0.3 is 13.9 Å². The summed E-state index contributed by atoms with van der Waals surface area (Å²) in [6, 6.07) is 17.7. The van der Waals surface area contributed by atoms with Crippen molar-refractivity contribution in [3.63, 3.8) is 0 Å². The predicted octanol–water partition coefficient (Wildman–Crippen LogP) is 4.14. The Hall–Kier alpha value is -4.33. The molecular weight excluding hydrogens is 552 g/mol. The number of nitrogens with zero attached hydrogens (tertiary/aromatic N) is 4. The van der Waals surface area contributed by atoms with E-state index in [1.165, 1.54) is 16.2 Å². The number of benzene rings is 2. The van der Waals surface area contributed by atoms with Crippen LogP contribution in [0.1, 0.15) is 25.9 Å². The molecule has 3 aromatic heterocycles. The van der Waals surface area contributed by atoms with Gasteiger partial charge >= 0.3 is 0 Å². The van der Waals surface area contributed by atoms with E-state index in [1.54, 1.807) is 79.3 Å². The van der Waals surface area contributed by atoms with Gasteiger partial charge in [0.05, 0.1) is 33.2 Å². The molecule has 0 aliphatic carbocycles. The number of carbonyl (C=O) groups excluding carboxylic acids is 2. The molecule has 0 radical (unpaired) electrons. The highest BCUT2D eigenvalue weighted by Crippen LogP contribution is 2.30. The average molecular weight is 579 g/mol. The van der Waals surface area contributed by atoms with Crippen LogP contribution in [0, 0.1) is 6.92 Å². The van der Waals surface area contributed by atoms with Gasteiger partial charge in [-0.05, 0) is 42.5 Å². The molecule has 0 fully saturated rings. The first-order valence-electron chi connectivity index (χ1n) is 12.2. The van der Waals surface area contributed by atoms with Crippen molar-refractivity contribution in [1.82, 2.24) is 19.3 Å². The van der Waals surface area contributed by atoms with E-state index in [4.69, 9.17) is 4.42 Å². The maximum Gasteiger partial charge on any atom is 0.268 e. The SMILES string of the molecule is Cc1ncc(-c2ccc(C(=O)Nc3nc4cc(N(C)C(=O)c5ccccc5)ccc4n3CCNS(C)(=O)=O)s2)o1. The zero-order valence-electron chi connectivity index (χ0n) is 21.9. The number of sulfonamides is 1. The number of thiophene rings is 1. The number of anilines is 2. The summed E-state index contributed by atoms with van der Waals surface area (Å²) in [6.07, 6.45) is 2.69. The second-order valence-electron chi connectivity index (χ2n) is 9.02. The molecule has 5 aromatic rings. The van der Waals surface area contributed by atoms with Crippen molar-refractivity contribution in [2.45, 2.75) is 13.5 Å². The normalized spacial score (nSPS) is 11.6. The number of imidazole rings is 1. The molecule has 2 aromatic carbocycles. The topological polar surface area (TPSA) is 139 Å². The molecule has 0 unspecified atom stereocenters. The van der Waals surface area contributed by atoms with Gasteiger partial charge in [-0.3, -0.25) is 14.9 Å². The highest BCUT2D eigenvalue weighted by Gasteiger charge is 2.20. The van der Waals surface area contributed by atoms with Crippen molar-refractivity contribution in [3.05, 3.63) is 83.2 Å². The lowest BCUT2D eigenvalue weighted by molar-refractivity contribution is 0.0991. The van der Waals surface area contributed by atoms with Gasteiger partial charge in [-0.2, -0.15) is 0 Å². The van der Waals surface area contributed by atoms with Gasteiger partial charge in [0.25, 0.3) is 11.8 Å². The van der Waals surface area contributed by atoms with Gasteiger partial charge in [-0.25, -0.2) is 23.1 Å². The fraction of sp³-hybridized carbons (Fsp3) is 0.185. The van der Waals surface area contributed by atoms with Crippen LogP contribution in [0.15, 0.2) is 71.3 Å². The summed E-state index contributed by atoms with van der Waals surface area (Å²) in [4.78, 5) is 37.6. The summed E-state index contributed by atoms with van der Waals surface area (Å²) >= 11 is 1.25. The fourth-order valence-electron chi connectivity index (χ4n) is 4.11. The van der Waals surface area contributed by atoms with E-state index >= 15 is 0 Å². The molecule has 11 nitrogen and oxygen atoms in total. The molecule has 40 heavy (non-hydrogen) atoms. The minimum Gasteiger partial charge on any atom is -0.440 e. The number of hydrogen-bond acceptors (Lipinski definition) is 8. The summed E-state index contributed by atoms with van der Waals surface area (Å²) in [5, 5.41) is 2.85. The Morgan fingerprint density at radius 3 is 2.58 bits per heavy atom. The van der Waals surface area contributed by atoms with Crippen LogP contribution in [0.5, 0.6) is 0 Å². The van der Waals surface area contributed by atoms with Crippen molar-refractivity contribution in [1.29, 1.82) is 0 Å². The number of carbonyl (C=O) groups is 2. The van der Waals surface area contributed by atoms with Crippen LogP contribution < -0.4 is 14.9 Å². The molecule has 0 bridgehead atoms. The highest BCUT2D eigenvalue weighted by atomic mass is 32.2. The standard InChI is InChI=1S/C27H26N6O5S2/c1-17-28-16-22(38-17)23-11-12-24(39-23)25(34)31-27-30-20-15-19(32(2)26(35)18-7-5-4-6-8-18)9-10-21(20)33(27)14-13-29-40(3,36)37/h4-12,15-16,29H,13-14H2,1-3H3,(H,30,31,34). The highest BCUT2D eigenvalue weighted by molar-refractivity contribution is 7.88. The molecule has 0 aliphatic rings. The maximum atomic E-state index is 13.2. The first-order valence-corrected chi connectivity index (χ1v) is 14.9. The van der Waals surface area contributed by atoms with Gasteiger partial charge in [0.1, 0.15) is 0 Å². The number of hydrogen-bond donors (Lipinski definition) is 2. The van der Waals surface area contributed by atoms with E-state index in [2.05, 4.69) is 20.0 Å². The van der Waals surface area contributed by atoms with Crippen LogP contribution in [0.3, 0.4) is 0 Å². The van der Waals surface area contributed by atoms with Crippen molar-refractivity contribution >= 4 is 55.8 Å². The van der Waals surface area contributed by atoms with Crippen LogP contribution in [0.2, 0.25) is 0 Å². The minimum atomic E-state index is -3.41. The van der Waals surface area contributed by atoms with Gasteiger partial charge in [0, 0.05) is 38.3 Å². The fourth-order valence-corrected chi connectivity index (χ4v) is 5.42. The molecule has 0 aliphatic heterocycles. The zero-order chi connectivity index (χ0) is 28.4. The first kappa shape index (κ1) is 27.2. The number of aryl methyl sites for hydroxylation is 1. The summed E-state index contributed by atoms with van der Waals surface area (Å²) in [5.74, 6) is 0.788. The van der Waals surface area contributed by atoms with Gasteiger partial charge in [0.2, 0.25) is 16.0 Å². The second kappa shape index (κ2) is 11.0. The largest absolute Gasteiger partial charge is 0.440 e. The van der Waals surface area contributed by atoms with Crippen molar-refractivity contribution < 1.29 is 22.4 Å². The average Bonchev–Trinajstić information content (AvgIpc) is 3.66.